The molecule has 2 amide bonds. The molecule has 0 spiro atoms. The molecule has 3 aromatic rings. The Labute approximate surface area is 178 Å². The molecule has 4 nitrogen and oxygen atoms in total. The van der Waals surface area contributed by atoms with Crippen LogP contribution in [0.3, 0.4) is 0 Å². The van der Waals surface area contributed by atoms with Crippen molar-refractivity contribution in [1.29, 1.82) is 0 Å². The molecule has 0 atom stereocenters. The molecule has 30 heavy (non-hydrogen) atoms. The Morgan fingerprint density at radius 3 is 2.27 bits per heavy atom. The van der Waals surface area contributed by atoms with E-state index in [4.69, 9.17) is 4.74 Å². The van der Waals surface area contributed by atoms with Gasteiger partial charge in [0.15, 0.2) is 0 Å². The average molecular weight is 419 g/mol. The third-order valence-corrected chi connectivity index (χ3v) is 5.46. The van der Waals surface area contributed by atoms with E-state index >= 15 is 0 Å². The van der Waals surface area contributed by atoms with Crippen LogP contribution in [-0.4, -0.2) is 16.0 Å². The van der Waals surface area contributed by atoms with E-state index in [1.807, 2.05) is 54.6 Å². The van der Waals surface area contributed by atoms with E-state index in [-0.39, 0.29) is 23.5 Å². The van der Waals surface area contributed by atoms with E-state index in [0.29, 0.717) is 17.1 Å². The van der Waals surface area contributed by atoms with Crippen molar-refractivity contribution < 1.29 is 18.7 Å². The molecule has 0 aliphatic carbocycles. The summed E-state index contributed by atoms with van der Waals surface area (Å²) in [6.07, 6.45) is 1.69. The number of hydrogen-bond donors (Lipinski definition) is 0. The number of nitrogens with zero attached hydrogens (tertiary/aromatic N) is 1. The number of carbonyl (C=O) groups excluding carboxylic acids is 2. The molecule has 1 aliphatic rings. The first-order valence-corrected chi connectivity index (χ1v) is 10.2. The van der Waals surface area contributed by atoms with E-state index < -0.39 is 0 Å². The highest BCUT2D eigenvalue weighted by Crippen LogP contribution is 2.33. The summed E-state index contributed by atoms with van der Waals surface area (Å²) in [5.74, 6) is 0.0168. The van der Waals surface area contributed by atoms with Gasteiger partial charge in [-0.3, -0.25) is 14.5 Å². The van der Waals surface area contributed by atoms with Crippen molar-refractivity contribution in [2.24, 2.45) is 0 Å². The van der Waals surface area contributed by atoms with Crippen molar-refractivity contribution in [3.63, 3.8) is 0 Å². The maximum atomic E-state index is 13.1. The zero-order chi connectivity index (χ0) is 20.9. The molecule has 6 heteroatoms. The lowest BCUT2D eigenvalue weighted by Crippen LogP contribution is -2.27. The number of amides is 2. The SMILES string of the molecule is O=C1S/C(=C/c2ccc(OCc3ccccc3)cc2)C(=O)N1Cc1ccc(F)cc1. The highest BCUT2D eigenvalue weighted by Gasteiger charge is 2.34. The van der Waals surface area contributed by atoms with Crippen LogP contribution in [-0.2, 0) is 17.9 Å². The lowest BCUT2D eigenvalue weighted by Gasteiger charge is -2.12. The fraction of sp³-hybridized carbons (Fsp3) is 0.0833. The van der Waals surface area contributed by atoms with Crippen LogP contribution in [0.5, 0.6) is 5.75 Å². The molecule has 0 N–H and O–H groups in total. The van der Waals surface area contributed by atoms with Crippen LogP contribution in [0, 0.1) is 5.82 Å². The van der Waals surface area contributed by atoms with Crippen molar-refractivity contribution in [1.82, 2.24) is 4.90 Å². The molecule has 0 aromatic heterocycles. The lowest BCUT2D eigenvalue weighted by atomic mass is 10.2. The molecule has 0 saturated carbocycles. The Hall–Kier alpha value is -3.38. The number of ether oxygens (including phenoxy) is 1. The van der Waals surface area contributed by atoms with Gasteiger partial charge in [0.1, 0.15) is 18.2 Å². The lowest BCUT2D eigenvalue weighted by molar-refractivity contribution is -0.123. The van der Waals surface area contributed by atoms with E-state index in [9.17, 15) is 14.0 Å². The number of benzene rings is 3. The third kappa shape index (κ3) is 4.78. The summed E-state index contributed by atoms with van der Waals surface area (Å²) in [6, 6.07) is 23.0. The Morgan fingerprint density at radius 2 is 1.57 bits per heavy atom. The molecule has 1 saturated heterocycles. The van der Waals surface area contributed by atoms with Gasteiger partial charge >= 0.3 is 0 Å². The fourth-order valence-corrected chi connectivity index (χ4v) is 3.80. The van der Waals surface area contributed by atoms with Gasteiger partial charge in [0.05, 0.1) is 11.4 Å². The summed E-state index contributed by atoms with van der Waals surface area (Å²) < 4.78 is 18.8. The number of halogens is 1. The van der Waals surface area contributed by atoms with E-state index in [1.165, 1.54) is 17.0 Å². The molecule has 0 unspecified atom stereocenters. The minimum Gasteiger partial charge on any atom is -0.489 e. The topological polar surface area (TPSA) is 46.6 Å². The first-order valence-electron chi connectivity index (χ1n) is 9.35. The Balaban J connectivity index is 1.41. The highest BCUT2D eigenvalue weighted by atomic mass is 32.2. The fourth-order valence-electron chi connectivity index (χ4n) is 2.96. The minimum absolute atomic E-state index is 0.120. The summed E-state index contributed by atoms with van der Waals surface area (Å²) in [7, 11) is 0. The molecule has 0 radical (unpaired) electrons. The Kier molecular flexibility index (Phi) is 5.95. The third-order valence-electron chi connectivity index (χ3n) is 4.55. The van der Waals surface area contributed by atoms with Gasteiger partial charge in [0, 0.05) is 0 Å². The van der Waals surface area contributed by atoms with Gasteiger partial charge in [-0.25, -0.2) is 4.39 Å². The molecule has 0 bridgehead atoms. The van der Waals surface area contributed by atoms with Crippen LogP contribution in [0.25, 0.3) is 6.08 Å². The largest absolute Gasteiger partial charge is 0.489 e. The molecule has 150 valence electrons. The number of thioether (sulfide) groups is 1. The van der Waals surface area contributed by atoms with Crippen molar-refractivity contribution in [3.05, 3.63) is 106 Å². The van der Waals surface area contributed by atoms with Crippen LogP contribution in [0.2, 0.25) is 0 Å². The molecule has 4 rings (SSSR count). The number of carbonyl (C=O) groups is 2. The molecular weight excluding hydrogens is 401 g/mol. The maximum Gasteiger partial charge on any atom is 0.293 e. The molecule has 1 fully saturated rings. The molecule has 1 aliphatic heterocycles. The van der Waals surface area contributed by atoms with Crippen LogP contribution in [0.15, 0.2) is 83.8 Å². The smallest absolute Gasteiger partial charge is 0.293 e. The monoisotopic (exact) mass is 419 g/mol. The first-order chi connectivity index (χ1) is 14.6. The van der Waals surface area contributed by atoms with Crippen LogP contribution in [0.4, 0.5) is 9.18 Å². The maximum absolute atomic E-state index is 13.1. The number of imide groups is 1. The first kappa shape index (κ1) is 19.9. The standard InChI is InChI=1S/C24H18FNO3S/c25-20-10-6-18(7-11-20)15-26-23(27)22(30-24(26)28)14-17-8-12-21(13-9-17)29-16-19-4-2-1-3-5-19/h1-14H,15-16H2/b22-14+. The summed E-state index contributed by atoms with van der Waals surface area (Å²) in [5.41, 5.74) is 2.57. The minimum atomic E-state index is -0.357. The summed E-state index contributed by atoms with van der Waals surface area (Å²) in [6.45, 7) is 0.594. The predicted molar refractivity (Wildman–Crippen MR) is 115 cm³/mol. The molecular formula is C24H18FNO3S. The van der Waals surface area contributed by atoms with Crippen LogP contribution in [0.1, 0.15) is 16.7 Å². The summed E-state index contributed by atoms with van der Waals surface area (Å²) >= 11 is 0.904. The van der Waals surface area contributed by atoms with Gasteiger partial charge in [-0.1, -0.05) is 54.6 Å². The quantitative estimate of drug-likeness (QED) is 0.485. The summed E-state index contributed by atoms with van der Waals surface area (Å²) in [5, 5.41) is -0.335. The van der Waals surface area contributed by atoms with Crippen LogP contribution >= 0.6 is 11.8 Å². The second-order valence-electron chi connectivity index (χ2n) is 6.74. The van der Waals surface area contributed by atoms with Crippen molar-refractivity contribution >= 4 is 29.0 Å². The number of hydrogen-bond acceptors (Lipinski definition) is 4. The van der Waals surface area contributed by atoms with Crippen molar-refractivity contribution in [3.8, 4) is 5.75 Å². The average Bonchev–Trinajstić information content (AvgIpc) is 3.03. The molecule has 3 aromatic carbocycles. The zero-order valence-corrected chi connectivity index (χ0v) is 16.8. The van der Waals surface area contributed by atoms with Gasteiger partial charge in [0.2, 0.25) is 0 Å². The normalized spacial score (nSPS) is 15.1. The second kappa shape index (κ2) is 8.97. The Bertz CT molecular complexity index is 1080. The number of rotatable bonds is 6. The highest BCUT2D eigenvalue weighted by molar-refractivity contribution is 8.18. The van der Waals surface area contributed by atoms with Gasteiger partial charge in [-0.2, -0.15) is 0 Å². The predicted octanol–water partition coefficient (Wildman–Crippen LogP) is 5.64. The van der Waals surface area contributed by atoms with Crippen molar-refractivity contribution in [2.45, 2.75) is 13.2 Å². The summed E-state index contributed by atoms with van der Waals surface area (Å²) in [4.78, 5) is 26.4. The van der Waals surface area contributed by atoms with Gasteiger partial charge < -0.3 is 4.74 Å². The van der Waals surface area contributed by atoms with E-state index in [1.54, 1.807) is 18.2 Å². The van der Waals surface area contributed by atoms with Crippen molar-refractivity contribution in [2.75, 3.05) is 0 Å². The zero-order valence-electron chi connectivity index (χ0n) is 16.0. The Morgan fingerprint density at radius 1 is 0.867 bits per heavy atom. The van der Waals surface area contributed by atoms with Gasteiger partial charge in [0.25, 0.3) is 11.1 Å². The van der Waals surface area contributed by atoms with Crippen LogP contribution < -0.4 is 4.74 Å². The van der Waals surface area contributed by atoms with Gasteiger partial charge in [-0.05, 0) is 58.8 Å². The van der Waals surface area contributed by atoms with Gasteiger partial charge in [-0.15, -0.1) is 0 Å². The van der Waals surface area contributed by atoms with E-state index in [2.05, 4.69) is 0 Å². The molecule has 1 heterocycles. The second-order valence-corrected chi connectivity index (χ2v) is 7.73. The van der Waals surface area contributed by atoms with E-state index in [0.717, 1.165) is 28.6 Å².